The summed E-state index contributed by atoms with van der Waals surface area (Å²) in [6, 6.07) is 0. The van der Waals surface area contributed by atoms with Crippen LogP contribution in [0.1, 0.15) is 72.6 Å². The summed E-state index contributed by atoms with van der Waals surface area (Å²) in [5.74, 6) is -0.704. The van der Waals surface area contributed by atoms with E-state index in [0.29, 0.717) is 6.61 Å². The molecule has 0 amide bonds. The van der Waals surface area contributed by atoms with Crippen molar-refractivity contribution in [3.8, 4) is 0 Å². The van der Waals surface area contributed by atoms with Gasteiger partial charge in [-0.3, -0.25) is 0 Å². The minimum atomic E-state index is -0.704. The van der Waals surface area contributed by atoms with Crippen molar-refractivity contribution in [2.45, 2.75) is 109 Å². The highest BCUT2D eigenvalue weighted by atomic mass is 16.8. The van der Waals surface area contributed by atoms with E-state index in [9.17, 15) is 5.11 Å². The fourth-order valence-corrected chi connectivity index (χ4v) is 3.32. The van der Waals surface area contributed by atoms with Crippen molar-refractivity contribution in [1.29, 1.82) is 0 Å². The summed E-state index contributed by atoms with van der Waals surface area (Å²) < 4.78 is 23.4. The number of fused-ring (bicyclic) bond motifs is 1. The lowest BCUT2D eigenvalue weighted by atomic mass is 10.00. The second kappa shape index (κ2) is 8.77. The van der Waals surface area contributed by atoms with Crippen molar-refractivity contribution in [1.82, 2.24) is 0 Å². The first-order valence-corrected chi connectivity index (χ1v) is 9.25. The molecule has 5 heteroatoms. The molecule has 0 saturated carbocycles. The van der Waals surface area contributed by atoms with Gasteiger partial charge in [0.2, 0.25) is 0 Å². The van der Waals surface area contributed by atoms with Crippen molar-refractivity contribution in [3.05, 3.63) is 0 Å². The van der Waals surface area contributed by atoms with Crippen LogP contribution in [0, 0.1) is 0 Å². The van der Waals surface area contributed by atoms with E-state index in [1.165, 1.54) is 38.5 Å². The predicted molar refractivity (Wildman–Crippen MR) is 88.1 cm³/mol. The summed E-state index contributed by atoms with van der Waals surface area (Å²) in [5, 5.41) is 10.2. The second-order valence-electron chi connectivity index (χ2n) is 7.26. The lowest BCUT2D eigenvalue weighted by Gasteiger charge is -2.38. The third-order valence-electron chi connectivity index (χ3n) is 4.63. The van der Waals surface area contributed by atoms with Crippen molar-refractivity contribution in [2.75, 3.05) is 6.61 Å². The first-order chi connectivity index (χ1) is 10.9. The van der Waals surface area contributed by atoms with Crippen LogP contribution in [0.4, 0.5) is 0 Å². The van der Waals surface area contributed by atoms with Gasteiger partial charge in [0.15, 0.2) is 12.1 Å². The standard InChI is InChI=1S/C18H34O5/c1-5-6-7-8-9-10-11-12-20-17-16-15(14(19)13(2)21-17)22-18(3,4)23-16/h13-17,19H,5-12H2,1-4H3/t13-,14-,15+,16+,17+/m0/s1. The molecule has 136 valence electrons. The van der Waals surface area contributed by atoms with Crippen molar-refractivity contribution in [2.24, 2.45) is 0 Å². The molecule has 0 radical (unpaired) electrons. The van der Waals surface area contributed by atoms with E-state index in [-0.39, 0.29) is 18.3 Å². The number of hydrogen-bond acceptors (Lipinski definition) is 5. The Morgan fingerprint density at radius 1 is 0.957 bits per heavy atom. The zero-order valence-electron chi connectivity index (χ0n) is 15.1. The number of hydrogen-bond donors (Lipinski definition) is 1. The van der Waals surface area contributed by atoms with Gasteiger partial charge in [0.05, 0.1) is 6.10 Å². The van der Waals surface area contributed by atoms with Crippen LogP contribution in [-0.4, -0.2) is 48.2 Å². The molecule has 0 aromatic rings. The van der Waals surface area contributed by atoms with Crippen molar-refractivity contribution in [3.63, 3.8) is 0 Å². The normalized spacial score (nSPS) is 36.1. The zero-order valence-corrected chi connectivity index (χ0v) is 15.1. The molecule has 2 saturated heterocycles. The fourth-order valence-electron chi connectivity index (χ4n) is 3.32. The molecule has 2 heterocycles. The molecular formula is C18H34O5. The molecule has 2 aliphatic heterocycles. The van der Waals surface area contributed by atoms with E-state index in [2.05, 4.69) is 6.92 Å². The van der Waals surface area contributed by atoms with Gasteiger partial charge >= 0.3 is 0 Å². The first-order valence-electron chi connectivity index (χ1n) is 9.25. The Kier molecular flexibility index (Phi) is 7.29. The molecule has 0 unspecified atom stereocenters. The van der Waals surface area contributed by atoms with Gasteiger partial charge in [-0.1, -0.05) is 45.4 Å². The Morgan fingerprint density at radius 3 is 2.26 bits per heavy atom. The molecule has 5 nitrogen and oxygen atoms in total. The molecule has 2 fully saturated rings. The number of ether oxygens (including phenoxy) is 4. The van der Waals surface area contributed by atoms with Crippen molar-refractivity contribution >= 4 is 0 Å². The smallest absolute Gasteiger partial charge is 0.186 e. The number of aliphatic hydroxyl groups excluding tert-OH is 1. The van der Waals surface area contributed by atoms with Gasteiger partial charge in [0.25, 0.3) is 0 Å². The minimum Gasteiger partial charge on any atom is -0.388 e. The molecule has 2 aliphatic rings. The molecule has 0 aromatic heterocycles. The number of aliphatic hydroxyl groups is 1. The highest BCUT2D eigenvalue weighted by Crippen LogP contribution is 2.37. The molecule has 0 spiro atoms. The van der Waals surface area contributed by atoms with E-state index in [4.69, 9.17) is 18.9 Å². The van der Waals surface area contributed by atoms with Crippen LogP contribution in [0.15, 0.2) is 0 Å². The Labute approximate surface area is 140 Å². The second-order valence-corrected chi connectivity index (χ2v) is 7.26. The minimum absolute atomic E-state index is 0.312. The van der Waals surface area contributed by atoms with Crippen molar-refractivity contribution < 1.29 is 24.1 Å². The van der Waals surface area contributed by atoms with Crippen LogP contribution in [-0.2, 0) is 18.9 Å². The van der Waals surface area contributed by atoms with E-state index in [1.807, 2.05) is 20.8 Å². The van der Waals surface area contributed by atoms with Gasteiger partial charge in [-0.05, 0) is 27.2 Å². The third-order valence-corrected chi connectivity index (χ3v) is 4.63. The third kappa shape index (κ3) is 5.40. The van der Waals surface area contributed by atoms with Crippen LogP contribution < -0.4 is 0 Å². The van der Waals surface area contributed by atoms with Gasteiger partial charge in [-0.25, -0.2) is 0 Å². The molecule has 5 atom stereocenters. The Hall–Kier alpha value is -0.200. The van der Waals surface area contributed by atoms with Gasteiger partial charge in [-0.2, -0.15) is 0 Å². The van der Waals surface area contributed by atoms with Gasteiger partial charge in [-0.15, -0.1) is 0 Å². The summed E-state index contributed by atoms with van der Waals surface area (Å²) in [4.78, 5) is 0. The summed E-state index contributed by atoms with van der Waals surface area (Å²) >= 11 is 0. The van der Waals surface area contributed by atoms with E-state index in [0.717, 1.165) is 6.42 Å². The quantitative estimate of drug-likeness (QED) is 0.657. The van der Waals surface area contributed by atoms with E-state index < -0.39 is 18.2 Å². The predicted octanol–water partition coefficient (Wildman–Crippen LogP) is 3.38. The molecule has 2 rings (SSSR count). The topological polar surface area (TPSA) is 57.2 Å². The largest absolute Gasteiger partial charge is 0.388 e. The van der Waals surface area contributed by atoms with Crippen LogP contribution in [0.2, 0.25) is 0 Å². The molecule has 23 heavy (non-hydrogen) atoms. The average molecular weight is 330 g/mol. The van der Waals surface area contributed by atoms with E-state index in [1.54, 1.807) is 0 Å². The van der Waals surface area contributed by atoms with Crippen LogP contribution in [0.3, 0.4) is 0 Å². The SMILES string of the molecule is CCCCCCCCCO[C@@H]1O[C@@H](C)[C@H](O)[C@H]2OC(C)(C)O[C@@H]12. The first kappa shape index (κ1) is 19.1. The lowest BCUT2D eigenvalue weighted by molar-refractivity contribution is -0.271. The maximum atomic E-state index is 10.2. The number of unbranched alkanes of at least 4 members (excludes halogenated alkanes) is 6. The summed E-state index contributed by atoms with van der Waals surface area (Å²) in [7, 11) is 0. The summed E-state index contributed by atoms with van der Waals surface area (Å²) in [5.41, 5.74) is 0. The monoisotopic (exact) mass is 330 g/mol. The Balaban J connectivity index is 1.70. The molecule has 0 aliphatic carbocycles. The maximum absolute atomic E-state index is 10.2. The van der Waals surface area contributed by atoms with Gasteiger partial charge < -0.3 is 24.1 Å². The van der Waals surface area contributed by atoms with Crippen LogP contribution in [0.5, 0.6) is 0 Å². The van der Waals surface area contributed by atoms with Crippen LogP contribution >= 0.6 is 0 Å². The fraction of sp³-hybridized carbons (Fsp3) is 1.00. The molecule has 0 aromatic carbocycles. The highest BCUT2D eigenvalue weighted by Gasteiger charge is 2.54. The van der Waals surface area contributed by atoms with Gasteiger partial charge in [0, 0.05) is 6.61 Å². The Bertz CT molecular complexity index is 346. The molecule has 1 N–H and O–H groups in total. The Morgan fingerprint density at radius 2 is 1.57 bits per heavy atom. The maximum Gasteiger partial charge on any atom is 0.186 e. The van der Waals surface area contributed by atoms with E-state index >= 15 is 0 Å². The average Bonchev–Trinajstić information content (AvgIpc) is 2.83. The number of rotatable bonds is 9. The van der Waals surface area contributed by atoms with Gasteiger partial charge in [0.1, 0.15) is 18.3 Å². The zero-order chi connectivity index (χ0) is 16.9. The lowest BCUT2D eigenvalue weighted by Crippen LogP contribution is -2.56. The molecule has 0 bridgehead atoms. The van der Waals surface area contributed by atoms with Crippen LogP contribution in [0.25, 0.3) is 0 Å². The highest BCUT2D eigenvalue weighted by molar-refractivity contribution is 4.94. The summed E-state index contributed by atoms with van der Waals surface area (Å²) in [6.07, 6.45) is 6.56. The molecular weight excluding hydrogens is 296 g/mol. The summed E-state index contributed by atoms with van der Waals surface area (Å²) in [6.45, 7) is 8.46.